The van der Waals surface area contributed by atoms with Crippen molar-refractivity contribution in [3.05, 3.63) is 44.2 Å². The van der Waals surface area contributed by atoms with E-state index in [0.29, 0.717) is 11.4 Å². The minimum absolute atomic E-state index is 0.111. The molecular weight excluding hydrogens is 302 g/mol. The smallest absolute Gasteiger partial charge is 0.258 e. The molecule has 0 saturated carbocycles. The number of halogens is 3. The van der Waals surface area contributed by atoms with Crippen LogP contribution in [0.3, 0.4) is 0 Å². The topological polar surface area (TPSA) is 73.8 Å². The van der Waals surface area contributed by atoms with Crippen molar-refractivity contribution in [3.8, 4) is 5.69 Å². The Balaban J connectivity index is 2.54. The first-order valence-corrected chi connectivity index (χ1v) is 5.93. The lowest BCUT2D eigenvalue weighted by Crippen LogP contribution is -1.99. The van der Waals surface area contributed by atoms with Crippen molar-refractivity contribution in [1.82, 2.24) is 15.0 Å². The first kappa shape index (κ1) is 13.1. The Morgan fingerprint density at radius 2 is 1.94 bits per heavy atom. The molecule has 0 aliphatic carbocycles. The molecule has 6 nitrogen and oxygen atoms in total. The molecule has 2 rings (SSSR count). The molecule has 0 spiro atoms. The van der Waals surface area contributed by atoms with E-state index < -0.39 is 4.92 Å². The summed E-state index contributed by atoms with van der Waals surface area (Å²) in [7, 11) is 0. The minimum atomic E-state index is -0.576. The van der Waals surface area contributed by atoms with Gasteiger partial charge in [0.05, 0.1) is 32.7 Å². The standard InChI is InChI=1S/C9H5Cl3N4O2/c10-3-5-4-15(14-13-5)9-7(11)1-6(16(17)18)2-8(9)12/h1-2,4H,3H2. The van der Waals surface area contributed by atoms with Crippen molar-refractivity contribution in [2.45, 2.75) is 5.88 Å². The second-order valence-corrected chi connectivity index (χ2v) is 4.38. The normalized spacial score (nSPS) is 10.6. The molecule has 0 aliphatic heterocycles. The highest BCUT2D eigenvalue weighted by Gasteiger charge is 2.17. The highest BCUT2D eigenvalue weighted by molar-refractivity contribution is 6.38. The van der Waals surface area contributed by atoms with Gasteiger partial charge in [0.25, 0.3) is 5.69 Å². The highest BCUT2D eigenvalue weighted by atomic mass is 35.5. The quantitative estimate of drug-likeness (QED) is 0.496. The maximum atomic E-state index is 10.6. The van der Waals surface area contributed by atoms with E-state index in [-0.39, 0.29) is 21.6 Å². The fourth-order valence-electron chi connectivity index (χ4n) is 1.35. The number of nitro benzene ring substituents is 1. The van der Waals surface area contributed by atoms with Gasteiger partial charge in [0, 0.05) is 12.1 Å². The molecule has 0 radical (unpaired) electrons. The van der Waals surface area contributed by atoms with Crippen molar-refractivity contribution >= 4 is 40.5 Å². The Morgan fingerprint density at radius 1 is 1.33 bits per heavy atom. The zero-order valence-corrected chi connectivity index (χ0v) is 10.9. The molecule has 0 amide bonds. The Morgan fingerprint density at radius 3 is 2.39 bits per heavy atom. The molecule has 0 unspecified atom stereocenters. The third-order valence-corrected chi connectivity index (χ3v) is 2.97. The minimum Gasteiger partial charge on any atom is -0.258 e. The number of benzene rings is 1. The molecule has 1 aromatic heterocycles. The van der Waals surface area contributed by atoms with E-state index in [0.717, 1.165) is 0 Å². The Kier molecular flexibility index (Phi) is 3.70. The lowest BCUT2D eigenvalue weighted by molar-refractivity contribution is -0.384. The third kappa shape index (κ3) is 2.40. The Bertz CT molecular complexity index is 591. The van der Waals surface area contributed by atoms with Crippen LogP contribution in [-0.4, -0.2) is 19.9 Å². The maximum Gasteiger partial charge on any atom is 0.272 e. The fraction of sp³-hybridized carbons (Fsp3) is 0.111. The summed E-state index contributed by atoms with van der Waals surface area (Å²) in [4.78, 5) is 10.1. The van der Waals surface area contributed by atoms with Crippen LogP contribution in [-0.2, 0) is 5.88 Å². The fourth-order valence-corrected chi connectivity index (χ4v) is 2.12. The molecule has 94 valence electrons. The summed E-state index contributed by atoms with van der Waals surface area (Å²) in [5.74, 6) is 0.197. The van der Waals surface area contributed by atoms with Gasteiger partial charge in [-0.2, -0.15) is 0 Å². The summed E-state index contributed by atoms with van der Waals surface area (Å²) < 4.78 is 1.33. The molecular formula is C9H5Cl3N4O2. The van der Waals surface area contributed by atoms with E-state index in [1.165, 1.54) is 16.8 Å². The second kappa shape index (κ2) is 5.09. The number of alkyl halides is 1. The van der Waals surface area contributed by atoms with Crippen LogP contribution in [0.4, 0.5) is 5.69 Å². The summed E-state index contributed by atoms with van der Waals surface area (Å²) in [6, 6.07) is 2.40. The van der Waals surface area contributed by atoms with Gasteiger partial charge in [-0.05, 0) is 0 Å². The predicted molar refractivity (Wildman–Crippen MR) is 67.6 cm³/mol. The molecule has 0 fully saturated rings. The molecule has 1 aromatic carbocycles. The molecule has 0 aliphatic rings. The summed E-state index contributed by atoms with van der Waals surface area (Å²) in [5.41, 5.74) is 0.682. The number of rotatable bonds is 3. The monoisotopic (exact) mass is 306 g/mol. The number of hydrogen-bond donors (Lipinski definition) is 0. The van der Waals surface area contributed by atoms with Gasteiger partial charge in [-0.1, -0.05) is 28.4 Å². The van der Waals surface area contributed by atoms with Crippen LogP contribution in [0.1, 0.15) is 5.69 Å². The van der Waals surface area contributed by atoms with Gasteiger partial charge in [0.1, 0.15) is 5.69 Å². The van der Waals surface area contributed by atoms with E-state index in [1.807, 2.05) is 0 Å². The molecule has 1 heterocycles. The van der Waals surface area contributed by atoms with Crippen molar-refractivity contribution < 1.29 is 4.92 Å². The van der Waals surface area contributed by atoms with Gasteiger partial charge in [0.2, 0.25) is 0 Å². The number of aromatic nitrogens is 3. The first-order chi connectivity index (χ1) is 8.52. The van der Waals surface area contributed by atoms with Gasteiger partial charge in [-0.15, -0.1) is 16.7 Å². The number of hydrogen-bond acceptors (Lipinski definition) is 4. The van der Waals surface area contributed by atoms with Crippen LogP contribution in [0.25, 0.3) is 5.69 Å². The van der Waals surface area contributed by atoms with Gasteiger partial charge >= 0.3 is 0 Å². The Hall–Kier alpha value is -1.37. The largest absolute Gasteiger partial charge is 0.272 e. The van der Waals surface area contributed by atoms with Gasteiger partial charge < -0.3 is 0 Å². The molecule has 0 saturated heterocycles. The van der Waals surface area contributed by atoms with Gasteiger partial charge in [0.15, 0.2) is 0 Å². The van der Waals surface area contributed by atoms with Crippen molar-refractivity contribution in [3.63, 3.8) is 0 Å². The van der Waals surface area contributed by atoms with Crippen molar-refractivity contribution in [1.29, 1.82) is 0 Å². The maximum absolute atomic E-state index is 10.6. The molecule has 0 N–H and O–H groups in total. The van der Waals surface area contributed by atoms with Crippen LogP contribution < -0.4 is 0 Å². The summed E-state index contributed by atoms with van der Waals surface area (Å²) >= 11 is 17.5. The second-order valence-electron chi connectivity index (χ2n) is 3.30. The van der Waals surface area contributed by atoms with Crippen LogP contribution in [0.5, 0.6) is 0 Å². The van der Waals surface area contributed by atoms with Crippen molar-refractivity contribution in [2.24, 2.45) is 0 Å². The van der Waals surface area contributed by atoms with E-state index in [2.05, 4.69) is 10.3 Å². The summed E-state index contributed by atoms with van der Waals surface area (Å²) in [6.07, 6.45) is 1.55. The molecule has 9 heteroatoms. The van der Waals surface area contributed by atoms with Gasteiger partial charge in [-0.3, -0.25) is 10.1 Å². The zero-order chi connectivity index (χ0) is 13.3. The molecule has 0 bridgehead atoms. The predicted octanol–water partition coefficient (Wildman–Crippen LogP) is 3.22. The van der Waals surface area contributed by atoms with Crippen LogP contribution in [0.2, 0.25) is 10.0 Å². The van der Waals surface area contributed by atoms with Crippen LogP contribution in [0.15, 0.2) is 18.3 Å². The average molecular weight is 308 g/mol. The lowest BCUT2D eigenvalue weighted by atomic mass is 10.3. The molecule has 2 aromatic rings. The summed E-state index contributed by atoms with van der Waals surface area (Å²) in [6.45, 7) is 0. The van der Waals surface area contributed by atoms with E-state index in [9.17, 15) is 10.1 Å². The highest BCUT2D eigenvalue weighted by Crippen LogP contribution is 2.32. The number of non-ortho nitro benzene ring substituents is 1. The van der Waals surface area contributed by atoms with E-state index in [4.69, 9.17) is 34.8 Å². The molecule has 0 atom stereocenters. The van der Waals surface area contributed by atoms with E-state index in [1.54, 1.807) is 6.20 Å². The average Bonchev–Trinajstić information content (AvgIpc) is 2.76. The van der Waals surface area contributed by atoms with E-state index >= 15 is 0 Å². The SMILES string of the molecule is O=[N+]([O-])c1cc(Cl)c(-n2cc(CCl)nn2)c(Cl)c1. The van der Waals surface area contributed by atoms with Crippen molar-refractivity contribution in [2.75, 3.05) is 0 Å². The first-order valence-electron chi connectivity index (χ1n) is 4.64. The van der Waals surface area contributed by atoms with Crippen LogP contribution >= 0.6 is 34.8 Å². The third-order valence-electron chi connectivity index (χ3n) is 2.12. The van der Waals surface area contributed by atoms with Gasteiger partial charge in [-0.25, -0.2) is 4.68 Å². The number of nitrogens with zero attached hydrogens (tertiary/aromatic N) is 4. The van der Waals surface area contributed by atoms with Crippen LogP contribution in [0, 0.1) is 10.1 Å². The summed E-state index contributed by atoms with van der Waals surface area (Å²) in [5, 5.41) is 18.4. The lowest BCUT2D eigenvalue weighted by Gasteiger charge is -2.05. The zero-order valence-electron chi connectivity index (χ0n) is 8.68. The number of nitro groups is 1. The molecule has 18 heavy (non-hydrogen) atoms. The Labute approximate surface area is 116 Å².